The van der Waals surface area contributed by atoms with Crippen LogP contribution in [-0.4, -0.2) is 19.1 Å². The van der Waals surface area contributed by atoms with Gasteiger partial charge < -0.3 is 11.1 Å². The van der Waals surface area contributed by atoms with Crippen molar-refractivity contribution in [3.05, 3.63) is 0 Å². The van der Waals surface area contributed by atoms with Crippen molar-refractivity contribution in [2.45, 2.75) is 59.4 Å². The molecular formula is C15H30N2. The average Bonchev–Trinajstić information content (AvgIpc) is 2.63. The second-order valence-corrected chi connectivity index (χ2v) is 7.44. The van der Waals surface area contributed by atoms with E-state index in [9.17, 15) is 0 Å². The fraction of sp³-hybridized carbons (Fsp3) is 1.00. The van der Waals surface area contributed by atoms with Crippen LogP contribution in [0.15, 0.2) is 0 Å². The van der Waals surface area contributed by atoms with E-state index in [2.05, 4.69) is 33.0 Å². The molecule has 100 valence electrons. The van der Waals surface area contributed by atoms with Crippen LogP contribution in [0.5, 0.6) is 0 Å². The first-order valence-corrected chi connectivity index (χ1v) is 7.32. The highest BCUT2D eigenvalue weighted by atomic mass is 14.9. The lowest BCUT2D eigenvalue weighted by Crippen LogP contribution is -2.32. The van der Waals surface area contributed by atoms with E-state index in [0.717, 1.165) is 11.8 Å². The van der Waals surface area contributed by atoms with Gasteiger partial charge in [-0.05, 0) is 61.4 Å². The van der Waals surface area contributed by atoms with Crippen molar-refractivity contribution in [2.24, 2.45) is 28.4 Å². The van der Waals surface area contributed by atoms with E-state index in [4.69, 9.17) is 5.73 Å². The maximum atomic E-state index is 5.93. The zero-order valence-corrected chi connectivity index (χ0v) is 12.1. The summed E-state index contributed by atoms with van der Waals surface area (Å²) in [5.74, 6) is 1.72. The van der Waals surface area contributed by atoms with Gasteiger partial charge in [0.15, 0.2) is 0 Å². The third-order valence-electron chi connectivity index (χ3n) is 5.99. The average molecular weight is 238 g/mol. The normalized spacial score (nSPS) is 35.8. The number of nitrogens with two attached hydrogens (primary N) is 1. The van der Waals surface area contributed by atoms with Gasteiger partial charge in [-0.3, -0.25) is 0 Å². The van der Waals surface area contributed by atoms with Crippen molar-refractivity contribution < 1.29 is 0 Å². The Balaban J connectivity index is 1.65. The quantitative estimate of drug-likeness (QED) is 0.790. The van der Waals surface area contributed by atoms with Gasteiger partial charge >= 0.3 is 0 Å². The molecule has 2 aliphatic carbocycles. The van der Waals surface area contributed by atoms with Crippen LogP contribution in [-0.2, 0) is 0 Å². The van der Waals surface area contributed by atoms with Crippen molar-refractivity contribution >= 4 is 0 Å². The lowest BCUT2D eigenvalue weighted by molar-refractivity contribution is 0.311. The fourth-order valence-corrected chi connectivity index (χ4v) is 3.67. The Labute approximate surface area is 107 Å². The zero-order chi connectivity index (χ0) is 12.7. The molecule has 0 aromatic carbocycles. The van der Waals surface area contributed by atoms with Gasteiger partial charge in [0, 0.05) is 6.04 Å². The van der Waals surface area contributed by atoms with Crippen molar-refractivity contribution in [2.75, 3.05) is 13.1 Å². The summed E-state index contributed by atoms with van der Waals surface area (Å²) in [6, 6.07) is 0.479. The molecule has 2 rings (SSSR count). The van der Waals surface area contributed by atoms with Crippen molar-refractivity contribution in [1.82, 2.24) is 5.32 Å². The molecule has 0 radical (unpaired) electrons. The molecule has 0 spiro atoms. The van der Waals surface area contributed by atoms with Crippen LogP contribution < -0.4 is 11.1 Å². The third kappa shape index (κ3) is 2.53. The van der Waals surface area contributed by atoms with Gasteiger partial charge in [-0.1, -0.05) is 27.7 Å². The molecule has 0 aromatic heterocycles. The Morgan fingerprint density at radius 2 is 1.47 bits per heavy atom. The Morgan fingerprint density at radius 3 is 1.94 bits per heavy atom. The molecule has 0 amide bonds. The topological polar surface area (TPSA) is 38.0 Å². The summed E-state index contributed by atoms with van der Waals surface area (Å²) in [4.78, 5) is 0. The first kappa shape index (κ1) is 13.4. The summed E-state index contributed by atoms with van der Waals surface area (Å²) in [5, 5.41) is 3.70. The minimum atomic E-state index is 0.479. The number of hydrogen-bond donors (Lipinski definition) is 2. The molecule has 0 unspecified atom stereocenters. The summed E-state index contributed by atoms with van der Waals surface area (Å²) >= 11 is 0. The van der Waals surface area contributed by atoms with Crippen molar-refractivity contribution in [3.8, 4) is 0 Å². The molecule has 3 N–H and O–H groups in total. The SMILES string of the molecule is CC1(C)C(CNCC2CCC(N)CC2)C1(C)C. The fourth-order valence-electron chi connectivity index (χ4n) is 3.67. The van der Waals surface area contributed by atoms with Gasteiger partial charge in [0.05, 0.1) is 0 Å². The first-order valence-electron chi connectivity index (χ1n) is 7.32. The molecule has 0 aromatic rings. The minimum Gasteiger partial charge on any atom is -0.328 e. The highest BCUT2D eigenvalue weighted by Crippen LogP contribution is 2.67. The van der Waals surface area contributed by atoms with Crippen LogP contribution >= 0.6 is 0 Å². The highest BCUT2D eigenvalue weighted by Gasteiger charge is 2.63. The van der Waals surface area contributed by atoms with Gasteiger partial charge in [-0.2, -0.15) is 0 Å². The molecule has 0 heterocycles. The summed E-state index contributed by atoms with van der Waals surface area (Å²) in [6.07, 6.45) is 5.11. The number of hydrogen-bond acceptors (Lipinski definition) is 2. The van der Waals surface area contributed by atoms with Crippen LogP contribution in [0, 0.1) is 22.7 Å². The highest BCUT2D eigenvalue weighted by molar-refractivity contribution is 5.12. The molecule has 0 saturated heterocycles. The monoisotopic (exact) mass is 238 g/mol. The summed E-state index contributed by atoms with van der Waals surface area (Å²) in [6.45, 7) is 12.0. The van der Waals surface area contributed by atoms with Crippen LogP contribution in [0.4, 0.5) is 0 Å². The van der Waals surface area contributed by atoms with Crippen LogP contribution in [0.3, 0.4) is 0 Å². The summed E-state index contributed by atoms with van der Waals surface area (Å²) < 4.78 is 0. The maximum absolute atomic E-state index is 5.93. The van der Waals surface area contributed by atoms with Gasteiger partial charge in [0.1, 0.15) is 0 Å². The van der Waals surface area contributed by atoms with E-state index >= 15 is 0 Å². The smallest absolute Gasteiger partial charge is 0.00390 e. The molecule has 17 heavy (non-hydrogen) atoms. The molecule has 2 fully saturated rings. The number of rotatable bonds is 4. The standard InChI is InChI=1S/C15H30N2/c1-14(2)13(15(14,3)4)10-17-9-11-5-7-12(16)8-6-11/h11-13,17H,5-10,16H2,1-4H3. The molecule has 2 heteroatoms. The second-order valence-electron chi connectivity index (χ2n) is 7.44. The van der Waals surface area contributed by atoms with Crippen molar-refractivity contribution in [3.63, 3.8) is 0 Å². The first-order chi connectivity index (χ1) is 7.85. The van der Waals surface area contributed by atoms with Gasteiger partial charge in [0.2, 0.25) is 0 Å². The second kappa shape index (κ2) is 4.55. The van der Waals surface area contributed by atoms with Gasteiger partial charge in [-0.25, -0.2) is 0 Å². The predicted molar refractivity (Wildman–Crippen MR) is 73.9 cm³/mol. The molecule has 0 aliphatic heterocycles. The lowest BCUT2D eigenvalue weighted by Gasteiger charge is -2.26. The Morgan fingerprint density at radius 1 is 0.941 bits per heavy atom. The van der Waals surface area contributed by atoms with Crippen LogP contribution in [0.2, 0.25) is 0 Å². The molecule has 0 atom stereocenters. The Bertz CT molecular complexity index is 248. The minimum absolute atomic E-state index is 0.479. The van der Waals surface area contributed by atoms with Gasteiger partial charge in [0.25, 0.3) is 0 Å². The van der Waals surface area contributed by atoms with E-state index < -0.39 is 0 Å². The molecule has 2 saturated carbocycles. The van der Waals surface area contributed by atoms with Crippen LogP contribution in [0.25, 0.3) is 0 Å². The maximum Gasteiger partial charge on any atom is 0.00390 e. The zero-order valence-electron chi connectivity index (χ0n) is 12.1. The summed E-state index contributed by atoms with van der Waals surface area (Å²) in [7, 11) is 0. The van der Waals surface area contributed by atoms with E-state index in [1.165, 1.54) is 38.8 Å². The van der Waals surface area contributed by atoms with E-state index in [1.807, 2.05) is 0 Å². The third-order valence-corrected chi connectivity index (χ3v) is 5.99. The number of nitrogens with one attached hydrogen (secondary N) is 1. The molecule has 0 bridgehead atoms. The largest absolute Gasteiger partial charge is 0.328 e. The molecule has 2 nitrogen and oxygen atoms in total. The van der Waals surface area contributed by atoms with E-state index in [0.29, 0.717) is 16.9 Å². The molecule has 2 aliphatic rings. The van der Waals surface area contributed by atoms with Crippen LogP contribution in [0.1, 0.15) is 53.4 Å². The predicted octanol–water partition coefficient (Wildman–Crippen LogP) is 2.78. The van der Waals surface area contributed by atoms with Gasteiger partial charge in [-0.15, -0.1) is 0 Å². The Hall–Kier alpha value is -0.0800. The van der Waals surface area contributed by atoms with E-state index in [1.54, 1.807) is 0 Å². The Kier molecular flexibility index (Phi) is 3.57. The van der Waals surface area contributed by atoms with E-state index in [-0.39, 0.29) is 0 Å². The molecular weight excluding hydrogens is 208 g/mol. The summed E-state index contributed by atoms with van der Waals surface area (Å²) in [5.41, 5.74) is 6.98. The lowest BCUT2D eigenvalue weighted by atomic mass is 9.86. The van der Waals surface area contributed by atoms with Crippen molar-refractivity contribution in [1.29, 1.82) is 0 Å².